The summed E-state index contributed by atoms with van der Waals surface area (Å²) in [5, 5.41) is 2.86. The molecule has 3 amide bonds. The first-order valence-electron chi connectivity index (χ1n) is 9.97. The van der Waals surface area contributed by atoms with Crippen LogP contribution >= 0.6 is 15.9 Å². The lowest BCUT2D eigenvalue weighted by molar-refractivity contribution is 0.102. The molecular formula is C24H21BrFN3O2. The molecule has 31 heavy (non-hydrogen) atoms. The van der Waals surface area contributed by atoms with Gasteiger partial charge in [0.25, 0.3) is 5.91 Å². The molecule has 0 bridgehead atoms. The molecule has 0 aliphatic carbocycles. The van der Waals surface area contributed by atoms with Gasteiger partial charge in [-0.25, -0.2) is 9.18 Å². The minimum atomic E-state index is -0.292. The fourth-order valence-corrected chi connectivity index (χ4v) is 3.77. The van der Waals surface area contributed by atoms with Crippen LogP contribution in [-0.4, -0.2) is 29.9 Å². The molecule has 3 aromatic carbocycles. The lowest BCUT2D eigenvalue weighted by Gasteiger charge is -2.35. The van der Waals surface area contributed by atoms with Gasteiger partial charge in [0.15, 0.2) is 0 Å². The first-order chi connectivity index (χ1) is 15.0. The van der Waals surface area contributed by atoms with Crippen LogP contribution in [0.4, 0.5) is 20.6 Å². The van der Waals surface area contributed by atoms with Gasteiger partial charge >= 0.3 is 6.03 Å². The summed E-state index contributed by atoms with van der Waals surface area (Å²) in [7, 11) is 0. The van der Waals surface area contributed by atoms with Crippen LogP contribution in [0, 0.1) is 5.82 Å². The van der Waals surface area contributed by atoms with E-state index >= 15 is 0 Å². The maximum Gasteiger partial charge on any atom is 0.324 e. The number of nitrogens with zero attached hydrogens (tertiary/aromatic N) is 2. The number of hydrogen-bond acceptors (Lipinski definition) is 2. The lowest BCUT2D eigenvalue weighted by Crippen LogP contribution is -2.49. The summed E-state index contributed by atoms with van der Waals surface area (Å²) in [5.41, 5.74) is 2.85. The maximum atomic E-state index is 13.1. The van der Waals surface area contributed by atoms with Crippen molar-refractivity contribution in [2.24, 2.45) is 0 Å². The minimum absolute atomic E-state index is 0.0948. The zero-order valence-corrected chi connectivity index (χ0v) is 18.3. The van der Waals surface area contributed by atoms with Crippen molar-refractivity contribution in [1.82, 2.24) is 4.90 Å². The van der Waals surface area contributed by atoms with E-state index in [9.17, 15) is 14.0 Å². The first-order valence-corrected chi connectivity index (χ1v) is 10.8. The topological polar surface area (TPSA) is 52.7 Å². The number of rotatable bonds is 5. The average molecular weight is 482 g/mol. The van der Waals surface area contributed by atoms with Crippen molar-refractivity contribution in [3.05, 3.63) is 94.2 Å². The van der Waals surface area contributed by atoms with Gasteiger partial charge in [-0.05, 0) is 72.6 Å². The fraction of sp³-hybridized carbons (Fsp3) is 0.167. The normalized spacial score (nSPS) is 13.9. The Labute approximate surface area is 188 Å². The minimum Gasteiger partial charge on any atom is -0.322 e. The van der Waals surface area contributed by atoms with Crippen LogP contribution < -0.4 is 10.2 Å². The Balaban J connectivity index is 1.42. The maximum absolute atomic E-state index is 13.1. The molecule has 3 aromatic rings. The fourth-order valence-electron chi connectivity index (χ4n) is 3.51. The van der Waals surface area contributed by atoms with Gasteiger partial charge in [0.05, 0.1) is 0 Å². The second-order valence-corrected chi connectivity index (χ2v) is 8.26. The molecule has 158 valence electrons. The highest BCUT2D eigenvalue weighted by atomic mass is 79.9. The van der Waals surface area contributed by atoms with Gasteiger partial charge in [0.1, 0.15) is 5.82 Å². The van der Waals surface area contributed by atoms with Crippen molar-refractivity contribution < 1.29 is 14.0 Å². The third kappa shape index (κ3) is 5.11. The molecule has 7 heteroatoms. The Morgan fingerprint density at radius 3 is 2.29 bits per heavy atom. The van der Waals surface area contributed by atoms with E-state index in [1.807, 2.05) is 24.3 Å². The molecule has 0 saturated carbocycles. The summed E-state index contributed by atoms with van der Waals surface area (Å²) < 4.78 is 14.1. The van der Waals surface area contributed by atoms with Crippen LogP contribution in [0.1, 0.15) is 22.3 Å². The average Bonchev–Trinajstić information content (AvgIpc) is 2.78. The van der Waals surface area contributed by atoms with Gasteiger partial charge in [-0.1, -0.05) is 28.1 Å². The van der Waals surface area contributed by atoms with Crippen molar-refractivity contribution in [1.29, 1.82) is 0 Å². The zero-order valence-electron chi connectivity index (χ0n) is 16.7. The van der Waals surface area contributed by atoms with Gasteiger partial charge < -0.3 is 10.2 Å². The number of halogens is 2. The van der Waals surface area contributed by atoms with Gasteiger partial charge in [0, 0.05) is 41.0 Å². The molecule has 0 spiro atoms. The summed E-state index contributed by atoms with van der Waals surface area (Å²) in [4.78, 5) is 28.9. The number of hydrogen-bond donors (Lipinski definition) is 1. The van der Waals surface area contributed by atoms with Crippen molar-refractivity contribution in [3.8, 4) is 0 Å². The predicted octanol–water partition coefficient (Wildman–Crippen LogP) is 5.67. The number of carbonyl (C=O) groups is 2. The van der Waals surface area contributed by atoms with Crippen LogP contribution in [0.5, 0.6) is 0 Å². The molecule has 0 radical (unpaired) electrons. The number of carbonyl (C=O) groups excluding carboxylic acids is 2. The Bertz CT molecular complexity index is 1070. The van der Waals surface area contributed by atoms with Gasteiger partial charge in [0.2, 0.25) is 0 Å². The molecular weight excluding hydrogens is 461 g/mol. The van der Waals surface area contributed by atoms with Crippen LogP contribution in [-0.2, 0) is 6.54 Å². The Hall–Kier alpha value is -3.19. The van der Waals surface area contributed by atoms with Crippen molar-refractivity contribution in [2.45, 2.75) is 13.0 Å². The van der Waals surface area contributed by atoms with E-state index in [-0.39, 0.29) is 17.8 Å². The van der Waals surface area contributed by atoms with Crippen molar-refractivity contribution >= 4 is 39.2 Å². The molecule has 1 aliphatic rings. The number of anilines is 2. The summed E-state index contributed by atoms with van der Waals surface area (Å²) in [6.07, 6.45) is 0.832. The lowest BCUT2D eigenvalue weighted by atomic mass is 10.1. The van der Waals surface area contributed by atoms with E-state index in [0.717, 1.165) is 22.1 Å². The highest BCUT2D eigenvalue weighted by Crippen LogP contribution is 2.23. The standard InChI is InChI=1S/C24H21BrFN3O2/c25-19-6-10-21(11-7-19)27-23(30)18-4-12-22(13-5-18)29-15-1-14-28(24(29)31)16-17-2-8-20(26)9-3-17/h2-13H,1,14-16H2,(H,27,30). The third-order valence-corrected chi connectivity index (χ3v) is 5.67. The molecule has 0 unspecified atom stereocenters. The van der Waals surface area contributed by atoms with Gasteiger partial charge in [-0.2, -0.15) is 0 Å². The zero-order chi connectivity index (χ0) is 21.8. The number of nitrogens with one attached hydrogen (secondary N) is 1. The molecule has 1 saturated heterocycles. The quantitative estimate of drug-likeness (QED) is 0.510. The first kappa shape index (κ1) is 21.1. The number of urea groups is 1. The Kier molecular flexibility index (Phi) is 6.32. The largest absolute Gasteiger partial charge is 0.324 e. The summed E-state index contributed by atoms with van der Waals surface area (Å²) >= 11 is 3.37. The number of benzene rings is 3. The molecule has 1 N–H and O–H groups in total. The number of amides is 3. The molecule has 1 aliphatic heterocycles. The van der Waals surface area contributed by atoms with Crippen molar-refractivity contribution in [2.75, 3.05) is 23.3 Å². The van der Waals surface area contributed by atoms with E-state index in [2.05, 4.69) is 21.2 Å². The molecule has 0 atom stereocenters. The summed E-state index contributed by atoms with van der Waals surface area (Å²) in [5.74, 6) is -0.503. The smallest absolute Gasteiger partial charge is 0.322 e. The van der Waals surface area contributed by atoms with Crippen LogP contribution in [0.15, 0.2) is 77.3 Å². The second-order valence-electron chi connectivity index (χ2n) is 7.34. The van der Waals surface area contributed by atoms with E-state index in [1.54, 1.807) is 46.2 Å². The van der Waals surface area contributed by atoms with Crippen LogP contribution in [0.2, 0.25) is 0 Å². The molecule has 0 aromatic heterocycles. The molecule has 1 heterocycles. The summed E-state index contributed by atoms with van der Waals surface area (Å²) in [6, 6.07) is 20.5. The van der Waals surface area contributed by atoms with Crippen LogP contribution in [0.25, 0.3) is 0 Å². The van der Waals surface area contributed by atoms with E-state index in [1.165, 1.54) is 12.1 Å². The summed E-state index contributed by atoms with van der Waals surface area (Å²) in [6.45, 7) is 1.70. The van der Waals surface area contributed by atoms with Crippen LogP contribution in [0.3, 0.4) is 0 Å². The monoisotopic (exact) mass is 481 g/mol. The Morgan fingerprint density at radius 1 is 0.935 bits per heavy atom. The second kappa shape index (κ2) is 9.31. The van der Waals surface area contributed by atoms with Gasteiger partial charge in [-0.15, -0.1) is 0 Å². The molecule has 4 rings (SSSR count). The van der Waals surface area contributed by atoms with E-state index in [0.29, 0.717) is 30.9 Å². The Morgan fingerprint density at radius 2 is 1.61 bits per heavy atom. The van der Waals surface area contributed by atoms with E-state index < -0.39 is 0 Å². The highest BCUT2D eigenvalue weighted by Gasteiger charge is 2.27. The highest BCUT2D eigenvalue weighted by molar-refractivity contribution is 9.10. The van der Waals surface area contributed by atoms with Gasteiger partial charge in [-0.3, -0.25) is 9.69 Å². The third-order valence-electron chi connectivity index (χ3n) is 5.14. The molecule has 1 fully saturated rings. The SMILES string of the molecule is O=C(Nc1ccc(Br)cc1)c1ccc(N2CCCN(Cc3ccc(F)cc3)C2=O)cc1. The van der Waals surface area contributed by atoms with Crippen molar-refractivity contribution in [3.63, 3.8) is 0 Å². The predicted molar refractivity (Wildman–Crippen MR) is 123 cm³/mol. The molecule has 5 nitrogen and oxygen atoms in total. The van der Waals surface area contributed by atoms with E-state index in [4.69, 9.17) is 0 Å².